The molecule has 0 bridgehead atoms. The summed E-state index contributed by atoms with van der Waals surface area (Å²) in [6.45, 7) is 4.63. The Hall–Kier alpha value is -2.69. The highest BCUT2D eigenvalue weighted by atomic mass is 16.6. The first-order chi connectivity index (χ1) is 15.8. The van der Waals surface area contributed by atoms with Crippen LogP contribution >= 0.6 is 0 Å². The summed E-state index contributed by atoms with van der Waals surface area (Å²) in [6, 6.07) is 8.88. The SMILES string of the molecule is CC12C=CC(=O)C=C1CCC1C2CCC2(C)C(C(=O)CNC(=O)Oc3ccccc3)CCC12. The number of nitrogens with one attached hydrogen (secondary N) is 1. The van der Waals surface area contributed by atoms with Crippen LogP contribution in [-0.4, -0.2) is 24.2 Å². The number of hydrogen-bond acceptors (Lipinski definition) is 4. The van der Waals surface area contributed by atoms with Crippen molar-refractivity contribution < 1.29 is 19.1 Å². The number of Topliss-reactive ketones (excluding diaryl/α,β-unsaturated/α-hetero) is 1. The second-order valence-corrected chi connectivity index (χ2v) is 10.8. The van der Waals surface area contributed by atoms with Crippen LogP contribution in [0.5, 0.6) is 5.75 Å². The fraction of sp³-hybridized carbons (Fsp3) is 0.536. The van der Waals surface area contributed by atoms with Gasteiger partial charge in [-0.15, -0.1) is 0 Å². The molecule has 3 fully saturated rings. The first kappa shape index (κ1) is 22.1. The summed E-state index contributed by atoms with van der Waals surface area (Å²) >= 11 is 0. The molecule has 33 heavy (non-hydrogen) atoms. The van der Waals surface area contributed by atoms with Gasteiger partial charge in [0.05, 0.1) is 6.54 Å². The first-order valence-corrected chi connectivity index (χ1v) is 12.3. The number of fused-ring (bicyclic) bond motifs is 5. The Morgan fingerprint density at radius 1 is 1.06 bits per heavy atom. The molecular formula is C28H33NO4. The molecule has 6 unspecified atom stereocenters. The number of hydrogen-bond donors (Lipinski definition) is 1. The fourth-order valence-corrected chi connectivity index (χ4v) is 7.64. The minimum atomic E-state index is -0.587. The number of carbonyl (C=O) groups is 3. The predicted octanol–water partition coefficient (Wildman–Crippen LogP) is 5.27. The van der Waals surface area contributed by atoms with Gasteiger partial charge in [0.15, 0.2) is 11.6 Å². The molecule has 0 radical (unpaired) electrons. The molecular weight excluding hydrogens is 414 g/mol. The highest BCUT2D eigenvalue weighted by molar-refractivity contribution is 6.01. The summed E-state index contributed by atoms with van der Waals surface area (Å²) < 4.78 is 5.26. The quantitative estimate of drug-likeness (QED) is 0.683. The van der Waals surface area contributed by atoms with E-state index >= 15 is 0 Å². The lowest BCUT2D eigenvalue weighted by Crippen LogP contribution is -2.51. The summed E-state index contributed by atoms with van der Waals surface area (Å²) in [5.74, 6) is 2.32. The molecule has 3 saturated carbocycles. The number of allylic oxidation sites excluding steroid dienone is 4. The third-order valence-corrected chi connectivity index (χ3v) is 9.31. The van der Waals surface area contributed by atoms with Crippen molar-refractivity contribution in [2.24, 2.45) is 34.5 Å². The van der Waals surface area contributed by atoms with Gasteiger partial charge in [-0.3, -0.25) is 9.59 Å². The molecule has 0 spiro atoms. The van der Waals surface area contributed by atoms with Gasteiger partial charge < -0.3 is 10.1 Å². The van der Waals surface area contributed by atoms with Crippen molar-refractivity contribution in [1.82, 2.24) is 5.32 Å². The molecule has 0 aliphatic heterocycles. The Bertz CT molecular complexity index is 1030. The van der Waals surface area contributed by atoms with E-state index in [4.69, 9.17) is 4.74 Å². The van der Waals surface area contributed by atoms with Crippen molar-refractivity contribution in [3.05, 3.63) is 54.1 Å². The molecule has 0 aromatic heterocycles. The van der Waals surface area contributed by atoms with Crippen molar-refractivity contribution in [2.75, 3.05) is 6.54 Å². The molecule has 5 nitrogen and oxygen atoms in total. The van der Waals surface area contributed by atoms with E-state index in [0.717, 1.165) is 38.5 Å². The van der Waals surface area contributed by atoms with Crippen LogP contribution in [0.25, 0.3) is 0 Å². The van der Waals surface area contributed by atoms with E-state index in [-0.39, 0.29) is 34.9 Å². The average Bonchev–Trinajstić information content (AvgIpc) is 3.16. The lowest BCUT2D eigenvalue weighted by atomic mass is 9.47. The number of ketones is 2. The maximum atomic E-state index is 13.2. The zero-order valence-electron chi connectivity index (χ0n) is 19.5. The Morgan fingerprint density at radius 2 is 1.85 bits per heavy atom. The van der Waals surface area contributed by atoms with E-state index in [2.05, 4.69) is 25.2 Å². The summed E-state index contributed by atoms with van der Waals surface area (Å²) in [5.41, 5.74) is 1.25. The number of ether oxygens (including phenoxy) is 1. The minimum absolute atomic E-state index is 0.0161. The molecule has 4 aliphatic rings. The van der Waals surface area contributed by atoms with Gasteiger partial charge in [0.25, 0.3) is 0 Å². The number of carbonyl (C=O) groups excluding carboxylic acids is 3. The van der Waals surface area contributed by atoms with Gasteiger partial charge in [-0.25, -0.2) is 4.79 Å². The molecule has 1 aromatic rings. The average molecular weight is 448 g/mol. The van der Waals surface area contributed by atoms with Gasteiger partial charge in [-0.1, -0.05) is 43.7 Å². The Kier molecular flexibility index (Phi) is 5.54. The van der Waals surface area contributed by atoms with Crippen molar-refractivity contribution in [3.8, 4) is 5.75 Å². The third-order valence-electron chi connectivity index (χ3n) is 9.31. The Balaban J connectivity index is 1.25. The van der Waals surface area contributed by atoms with E-state index in [0.29, 0.717) is 23.5 Å². The largest absolute Gasteiger partial charge is 0.412 e. The normalized spacial score (nSPS) is 36.8. The molecule has 1 aromatic carbocycles. The van der Waals surface area contributed by atoms with Crippen LogP contribution in [0, 0.1) is 34.5 Å². The van der Waals surface area contributed by atoms with Gasteiger partial charge in [0, 0.05) is 11.3 Å². The molecule has 4 aliphatic carbocycles. The van der Waals surface area contributed by atoms with Gasteiger partial charge in [-0.2, -0.15) is 0 Å². The molecule has 1 N–H and O–H groups in total. The summed E-state index contributed by atoms with van der Waals surface area (Å²) in [4.78, 5) is 37.3. The van der Waals surface area contributed by atoms with Gasteiger partial charge >= 0.3 is 6.09 Å². The predicted molar refractivity (Wildman–Crippen MR) is 126 cm³/mol. The minimum Gasteiger partial charge on any atom is -0.410 e. The fourth-order valence-electron chi connectivity index (χ4n) is 7.64. The van der Waals surface area contributed by atoms with Crippen LogP contribution in [0.4, 0.5) is 4.79 Å². The number of para-hydroxylation sites is 1. The molecule has 5 rings (SSSR count). The smallest absolute Gasteiger partial charge is 0.410 e. The molecule has 0 heterocycles. The second kappa shape index (κ2) is 8.27. The van der Waals surface area contributed by atoms with Crippen LogP contribution < -0.4 is 10.1 Å². The van der Waals surface area contributed by atoms with E-state index in [1.54, 1.807) is 30.3 Å². The van der Waals surface area contributed by atoms with Crippen molar-refractivity contribution in [1.29, 1.82) is 0 Å². The zero-order valence-corrected chi connectivity index (χ0v) is 19.5. The van der Waals surface area contributed by atoms with Crippen molar-refractivity contribution >= 4 is 17.7 Å². The number of rotatable bonds is 4. The molecule has 5 heteroatoms. The molecule has 6 atom stereocenters. The van der Waals surface area contributed by atoms with Crippen LogP contribution in [-0.2, 0) is 9.59 Å². The molecule has 1 amide bonds. The zero-order chi connectivity index (χ0) is 23.2. The lowest BCUT2D eigenvalue weighted by molar-refractivity contribution is -0.128. The summed E-state index contributed by atoms with van der Waals surface area (Å²) in [7, 11) is 0. The van der Waals surface area contributed by atoms with Crippen LogP contribution in [0.2, 0.25) is 0 Å². The summed E-state index contributed by atoms with van der Waals surface area (Å²) in [6.07, 6.45) is 11.3. The van der Waals surface area contributed by atoms with Crippen LogP contribution in [0.1, 0.15) is 52.4 Å². The van der Waals surface area contributed by atoms with Crippen LogP contribution in [0.15, 0.2) is 54.1 Å². The van der Waals surface area contributed by atoms with Crippen molar-refractivity contribution in [3.63, 3.8) is 0 Å². The number of benzene rings is 1. The lowest BCUT2D eigenvalue weighted by Gasteiger charge is -2.57. The van der Waals surface area contributed by atoms with E-state index < -0.39 is 6.09 Å². The standard InChI is InChI=1S/C28H33NO4/c1-27-14-12-19(30)16-18(27)8-9-21-22-10-11-24(28(22,2)15-13-23(21)27)25(31)17-29-26(32)33-20-6-4-3-5-7-20/h3-7,12,14,16,21-24H,8-11,13,15,17H2,1-2H3,(H,29,32). The van der Waals surface area contributed by atoms with Gasteiger partial charge in [0.2, 0.25) is 0 Å². The van der Waals surface area contributed by atoms with Crippen LogP contribution in [0.3, 0.4) is 0 Å². The van der Waals surface area contributed by atoms with Crippen molar-refractivity contribution in [2.45, 2.75) is 52.4 Å². The summed E-state index contributed by atoms with van der Waals surface area (Å²) in [5, 5.41) is 2.67. The molecule has 174 valence electrons. The van der Waals surface area contributed by atoms with Gasteiger partial charge in [-0.05, 0) is 86.0 Å². The molecule has 0 saturated heterocycles. The monoisotopic (exact) mass is 447 g/mol. The van der Waals surface area contributed by atoms with E-state index in [1.807, 2.05) is 12.1 Å². The topological polar surface area (TPSA) is 72.5 Å². The van der Waals surface area contributed by atoms with E-state index in [9.17, 15) is 14.4 Å². The number of amides is 1. The highest BCUT2D eigenvalue weighted by Gasteiger charge is 2.59. The highest BCUT2D eigenvalue weighted by Crippen LogP contribution is 2.66. The first-order valence-electron chi connectivity index (χ1n) is 12.3. The maximum absolute atomic E-state index is 13.2. The Morgan fingerprint density at radius 3 is 2.64 bits per heavy atom. The second-order valence-electron chi connectivity index (χ2n) is 10.8. The Labute approximate surface area is 195 Å². The maximum Gasteiger partial charge on any atom is 0.412 e. The van der Waals surface area contributed by atoms with Gasteiger partial charge in [0.1, 0.15) is 5.75 Å². The van der Waals surface area contributed by atoms with E-state index in [1.165, 1.54) is 5.57 Å². The third kappa shape index (κ3) is 3.75.